The number of aryl methyl sites for hydroxylation is 1. The molecule has 0 saturated carbocycles. The third-order valence-electron chi connectivity index (χ3n) is 4.15. The van der Waals surface area contributed by atoms with E-state index in [2.05, 4.69) is 12.2 Å². The van der Waals surface area contributed by atoms with Crippen LogP contribution in [0.3, 0.4) is 0 Å². The summed E-state index contributed by atoms with van der Waals surface area (Å²) >= 11 is 0. The highest BCUT2D eigenvalue weighted by molar-refractivity contribution is 6.45. The molecular formula is C18H23N3O4. The number of imide groups is 2. The summed E-state index contributed by atoms with van der Waals surface area (Å²) < 4.78 is 0. The molecule has 0 spiro atoms. The van der Waals surface area contributed by atoms with E-state index in [0.29, 0.717) is 11.3 Å². The number of urea groups is 1. The number of benzene rings is 1. The Balaban J connectivity index is 1.98. The van der Waals surface area contributed by atoms with E-state index < -0.39 is 30.3 Å². The van der Waals surface area contributed by atoms with Crippen LogP contribution in [-0.2, 0) is 20.8 Å². The zero-order valence-electron chi connectivity index (χ0n) is 14.7. The number of nitrogens with one attached hydrogen (secondary N) is 1. The Bertz CT molecular complexity index is 684. The van der Waals surface area contributed by atoms with Gasteiger partial charge in [0.15, 0.2) is 0 Å². The molecule has 0 aromatic heterocycles. The average molecular weight is 345 g/mol. The van der Waals surface area contributed by atoms with Gasteiger partial charge in [-0.05, 0) is 30.9 Å². The number of carbonyl (C=O) groups excluding carboxylic acids is 4. The molecule has 1 N–H and O–H groups in total. The summed E-state index contributed by atoms with van der Waals surface area (Å²) in [5, 5.41) is 2.75. The molecule has 0 aliphatic carbocycles. The van der Waals surface area contributed by atoms with Crippen molar-refractivity contribution in [3.8, 4) is 0 Å². The summed E-state index contributed by atoms with van der Waals surface area (Å²) in [6, 6.07) is 6.85. The van der Waals surface area contributed by atoms with Crippen molar-refractivity contribution in [1.29, 1.82) is 0 Å². The quantitative estimate of drug-likeness (QED) is 0.601. The summed E-state index contributed by atoms with van der Waals surface area (Å²) in [6.07, 6.45) is 1.48. The number of carbonyl (C=O) groups is 4. The van der Waals surface area contributed by atoms with Crippen LogP contribution in [-0.4, -0.2) is 46.6 Å². The summed E-state index contributed by atoms with van der Waals surface area (Å²) in [7, 11) is 0. The zero-order chi connectivity index (χ0) is 18.6. The van der Waals surface area contributed by atoms with Gasteiger partial charge in [-0.1, -0.05) is 38.1 Å². The van der Waals surface area contributed by atoms with Crippen LogP contribution in [0.5, 0.6) is 0 Å². The molecule has 25 heavy (non-hydrogen) atoms. The van der Waals surface area contributed by atoms with Crippen LogP contribution in [0.25, 0.3) is 0 Å². The number of amides is 5. The second-order valence-electron chi connectivity index (χ2n) is 6.01. The lowest BCUT2D eigenvalue weighted by atomic mass is 10.1. The third kappa shape index (κ3) is 4.04. The lowest BCUT2D eigenvalue weighted by Gasteiger charge is -2.18. The van der Waals surface area contributed by atoms with E-state index in [-0.39, 0.29) is 12.6 Å². The van der Waals surface area contributed by atoms with E-state index in [4.69, 9.17) is 0 Å². The Hall–Kier alpha value is -2.70. The highest BCUT2D eigenvalue weighted by Gasteiger charge is 2.44. The maximum Gasteiger partial charge on any atom is 0.334 e. The van der Waals surface area contributed by atoms with Crippen molar-refractivity contribution in [1.82, 2.24) is 15.1 Å². The number of hydrogen-bond donors (Lipinski definition) is 1. The molecule has 1 aliphatic rings. The fourth-order valence-electron chi connectivity index (χ4n) is 2.67. The topological polar surface area (TPSA) is 86.8 Å². The van der Waals surface area contributed by atoms with Gasteiger partial charge in [0.1, 0.15) is 6.54 Å². The molecule has 1 aromatic carbocycles. The van der Waals surface area contributed by atoms with Crippen LogP contribution in [0.4, 0.5) is 4.79 Å². The molecule has 7 heteroatoms. The van der Waals surface area contributed by atoms with Crippen molar-refractivity contribution in [3.63, 3.8) is 0 Å². The molecule has 5 amide bonds. The van der Waals surface area contributed by atoms with E-state index in [9.17, 15) is 19.2 Å². The summed E-state index contributed by atoms with van der Waals surface area (Å²) in [6.45, 7) is 5.39. The molecule has 1 fully saturated rings. The van der Waals surface area contributed by atoms with Crippen LogP contribution < -0.4 is 5.32 Å². The van der Waals surface area contributed by atoms with E-state index in [1.807, 2.05) is 31.2 Å². The minimum Gasteiger partial charge on any atom is -0.348 e. The predicted molar refractivity (Wildman–Crippen MR) is 91.5 cm³/mol. The van der Waals surface area contributed by atoms with Gasteiger partial charge in [-0.15, -0.1) is 0 Å². The molecule has 1 saturated heterocycles. The normalized spacial score (nSPS) is 15.7. The van der Waals surface area contributed by atoms with Crippen molar-refractivity contribution < 1.29 is 19.2 Å². The molecule has 1 aromatic rings. The van der Waals surface area contributed by atoms with Crippen molar-refractivity contribution >= 4 is 23.8 Å². The Kier molecular flexibility index (Phi) is 5.90. The lowest BCUT2D eigenvalue weighted by Crippen LogP contribution is -2.42. The average Bonchev–Trinajstić information content (AvgIpc) is 2.80. The van der Waals surface area contributed by atoms with Crippen LogP contribution in [0, 0.1) is 0 Å². The molecule has 1 atom stereocenters. The zero-order valence-corrected chi connectivity index (χ0v) is 14.7. The molecule has 1 heterocycles. The third-order valence-corrected chi connectivity index (χ3v) is 4.15. The smallest absolute Gasteiger partial charge is 0.334 e. The molecule has 7 nitrogen and oxygen atoms in total. The van der Waals surface area contributed by atoms with Gasteiger partial charge in [-0.25, -0.2) is 9.69 Å². The molecule has 134 valence electrons. The molecule has 2 rings (SSSR count). The summed E-state index contributed by atoms with van der Waals surface area (Å²) in [5.41, 5.74) is 2.12. The van der Waals surface area contributed by atoms with E-state index in [1.54, 1.807) is 6.92 Å². The van der Waals surface area contributed by atoms with Crippen LogP contribution in [0.1, 0.15) is 44.4 Å². The van der Waals surface area contributed by atoms with Gasteiger partial charge in [0.2, 0.25) is 5.91 Å². The standard InChI is InChI=1S/C18H23N3O4/c1-4-10-20-16(23)17(24)21(18(20)25)11-15(22)19-12(3)14-8-6-13(5-2)7-9-14/h6-9,12H,4-5,10-11H2,1-3H3,(H,19,22)/t12-/m0/s1. The van der Waals surface area contributed by atoms with Crippen LogP contribution in [0.2, 0.25) is 0 Å². The minimum atomic E-state index is -0.950. The molecule has 0 unspecified atom stereocenters. The van der Waals surface area contributed by atoms with Gasteiger partial charge in [-0.2, -0.15) is 0 Å². The Labute approximate surface area is 147 Å². The highest BCUT2D eigenvalue weighted by atomic mass is 16.2. The number of hydrogen-bond acceptors (Lipinski definition) is 4. The Morgan fingerprint density at radius 2 is 1.64 bits per heavy atom. The minimum absolute atomic E-state index is 0.168. The first kappa shape index (κ1) is 18.6. The molecular weight excluding hydrogens is 322 g/mol. The summed E-state index contributed by atoms with van der Waals surface area (Å²) in [4.78, 5) is 49.5. The SMILES string of the molecule is CCCN1C(=O)C(=O)N(CC(=O)N[C@@H](C)c2ccc(CC)cc2)C1=O. The number of rotatable bonds is 7. The fourth-order valence-corrected chi connectivity index (χ4v) is 2.67. The first-order chi connectivity index (χ1) is 11.9. The lowest BCUT2D eigenvalue weighted by molar-refractivity contribution is -0.144. The first-order valence-corrected chi connectivity index (χ1v) is 8.44. The predicted octanol–water partition coefficient (Wildman–Crippen LogP) is 1.63. The van der Waals surface area contributed by atoms with Gasteiger partial charge < -0.3 is 5.32 Å². The van der Waals surface area contributed by atoms with Gasteiger partial charge in [-0.3, -0.25) is 19.3 Å². The maximum atomic E-state index is 12.2. The van der Waals surface area contributed by atoms with Crippen molar-refractivity contribution in [2.45, 2.75) is 39.7 Å². The van der Waals surface area contributed by atoms with Crippen molar-refractivity contribution in [3.05, 3.63) is 35.4 Å². The highest BCUT2D eigenvalue weighted by Crippen LogP contribution is 2.15. The molecule has 0 radical (unpaired) electrons. The van der Waals surface area contributed by atoms with Gasteiger partial charge in [0, 0.05) is 6.54 Å². The maximum absolute atomic E-state index is 12.2. The molecule has 0 bridgehead atoms. The van der Waals surface area contributed by atoms with Gasteiger partial charge >= 0.3 is 17.8 Å². The largest absolute Gasteiger partial charge is 0.348 e. The van der Waals surface area contributed by atoms with E-state index in [0.717, 1.165) is 16.9 Å². The van der Waals surface area contributed by atoms with E-state index >= 15 is 0 Å². The van der Waals surface area contributed by atoms with Crippen molar-refractivity contribution in [2.24, 2.45) is 0 Å². The second-order valence-corrected chi connectivity index (χ2v) is 6.01. The van der Waals surface area contributed by atoms with Gasteiger partial charge in [0.05, 0.1) is 6.04 Å². The number of nitrogens with zero attached hydrogens (tertiary/aromatic N) is 2. The van der Waals surface area contributed by atoms with Gasteiger partial charge in [0.25, 0.3) is 0 Å². The van der Waals surface area contributed by atoms with E-state index in [1.165, 1.54) is 5.56 Å². The second kappa shape index (κ2) is 7.92. The summed E-state index contributed by atoms with van der Waals surface area (Å²) in [5.74, 6) is -2.31. The fraction of sp³-hybridized carbons (Fsp3) is 0.444. The Morgan fingerprint density at radius 1 is 1.04 bits per heavy atom. The first-order valence-electron chi connectivity index (χ1n) is 8.44. The Morgan fingerprint density at radius 3 is 2.20 bits per heavy atom. The molecule has 1 aliphatic heterocycles. The van der Waals surface area contributed by atoms with Crippen LogP contribution in [0.15, 0.2) is 24.3 Å². The van der Waals surface area contributed by atoms with Crippen LogP contribution >= 0.6 is 0 Å². The monoisotopic (exact) mass is 345 g/mol. The van der Waals surface area contributed by atoms with Crippen molar-refractivity contribution in [2.75, 3.05) is 13.1 Å².